The van der Waals surface area contributed by atoms with Gasteiger partial charge in [-0.2, -0.15) is 0 Å². The Morgan fingerprint density at radius 3 is 2.71 bits per heavy atom. The molecule has 0 fully saturated rings. The first-order valence-corrected chi connectivity index (χ1v) is 7.72. The number of rotatable bonds is 10. The molecule has 0 spiro atoms. The number of hydrogen-bond donors (Lipinski definition) is 2. The molecule has 0 bridgehead atoms. The van der Waals surface area contributed by atoms with Gasteiger partial charge in [-0.25, -0.2) is 0 Å². The van der Waals surface area contributed by atoms with E-state index < -0.39 is 11.9 Å². The number of carboxylic acid groups (broad SMARTS) is 1. The molecule has 0 amide bonds. The Kier molecular flexibility index (Phi) is 7.83. The predicted octanol–water partition coefficient (Wildman–Crippen LogP) is 3.09. The van der Waals surface area contributed by atoms with Crippen LogP contribution in [0, 0.1) is 11.8 Å². The van der Waals surface area contributed by atoms with Crippen molar-refractivity contribution in [3.8, 4) is 5.75 Å². The molecule has 0 radical (unpaired) electrons. The lowest BCUT2D eigenvalue weighted by Gasteiger charge is -2.16. The molecule has 118 valence electrons. The molecule has 0 saturated heterocycles. The number of carbonyl (C=O) groups is 1. The van der Waals surface area contributed by atoms with Crippen molar-refractivity contribution in [1.29, 1.82) is 0 Å². The van der Waals surface area contributed by atoms with Crippen LogP contribution in [0.1, 0.15) is 38.7 Å². The summed E-state index contributed by atoms with van der Waals surface area (Å²) < 4.78 is 5.61. The maximum Gasteiger partial charge on any atom is 0.307 e. The lowest BCUT2D eigenvalue weighted by atomic mass is 9.91. The van der Waals surface area contributed by atoms with Gasteiger partial charge in [0.1, 0.15) is 5.75 Å². The molecule has 3 N–H and O–H groups in total. The summed E-state index contributed by atoms with van der Waals surface area (Å²) >= 11 is 0. The molecule has 0 aromatic heterocycles. The highest BCUT2D eigenvalue weighted by Crippen LogP contribution is 2.23. The van der Waals surface area contributed by atoms with Gasteiger partial charge < -0.3 is 15.6 Å². The number of hydrogen-bond acceptors (Lipinski definition) is 3. The predicted molar refractivity (Wildman–Crippen MR) is 84.5 cm³/mol. The van der Waals surface area contributed by atoms with Crippen LogP contribution in [0.2, 0.25) is 0 Å². The highest BCUT2D eigenvalue weighted by Gasteiger charge is 2.18. The van der Waals surface area contributed by atoms with E-state index in [0.717, 1.165) is 25.0 Å². The van der Waals surface area contributed by atoms with E-state index in [2.05, 4.69) is 13.0 Å². The summed E-state index contributed by atoms with van der Waals surface area (Å²) in [4.78, 5) is 11.0. The zero-order valence-corrected chi connectivity index (χ0v) is 13.0. The summed E-state index contributed by atoms with van der Waals surface area (Å²) in [5.41, 5.74) is 6.72. The standard InChI is InChI=1S/C17H27NO3/c1-3-21-16-10-5-4-8-14(16)9-6-7-13(2)11-15(12-18)17(19)20/h4-5,8,10,13,15H,3,6-7,9,11-12,18H2,1-2H3,(H,19,20). The first-order valence-electron chi connectivity index (χ1n) is 7.72. The molecule has 0 aliphatic rings. The Balaban J connectivity index is 2.41. The number of aryl methyl sites for hydroxylation is 1. The smallest absolute Gasteiger partial charge is 0.307 e. The lowest BCUT2D eigenvalue weighted by molar-refractivity contribution is -0.141. The summed E-state index contributed by atoms with van der Waals surface area (Å²) in [6.07, 6.45) is 3.65. The van der Waals surface area contributed by atoms with Gasteiger partial charge >= 0.3 is 5.97 Å². The minimum absolute atomic E-state index is 0.215. The molecule has 4 nitrogen and oxygen atoms in total. The number of carboxylic acids is 1. The van der Waals surface area contributed by atoms with E-state index in [0.29, 0.717) is 18.9 Å². The van der Waals surface area contributed by atoms with Crippen molar-refractivity contribution in [3.63, 3.8) is 0 Å². The number of para-hydroxylation sites is 1. The Hall–Kier alpha value is -1.55. The fourth-order valence-electron chi connectivity index (χ4n) is 2.55. The van der Waals surface area contributed by atoms with Gasteiger partial charge in [0.25, 0.3) is 0 Å². The topological polar surface area (TPSA) is 72.5 Å². The SMILES string of the molecule is CCOc1ccccc1CCCC(C)CC(CN)C(=O)O. The normalized spacial score (nSPS) is 13.7. The zero-order chi connectivity index (χ0) is 15.7. The van der Waals surface area contributed by atoms with Gasteiger partial charge in [-0.1, -0.05) is 31.5 Å². The monoisotopic (exact) mass is 293 g/mol. The Bertz CT molecular complexity index is 434. The maximum absolute atomic E-state index is 11.0. The van der Waals surface area contributed by atoms with Crippen molar-refractivity contribution in [3.05, 3.63) is 29.8 Å². The highest BCUT2D eigenvalue weighted by molar-refractivity contribution is 5.70. The van der Waals surface area contributed by atoms with Crippen molar-refractivity contribution >= 4 is 5.97 Å². The van der Waals surface area contributed by atoms with Crippen LogP contribution in [0.15, 0.2) is 24.3 Å². The number of nitrogens with two attached hydrogens (primary N) is 1. The van der Waals surface area contributed by atoms with E-state index in [1.54, 1.807) is 0 Å². The molecule has 0 heterocycles. The van der Waals surface area contributed by atoms with Crippen LogP contribution in [0.25, 0.3) is 0 Å². The number of benzene rings is 1. The van der Waals surface area contributed by atoms with Crippen LogP contribution in [0.4, 0.5) is 0 Å². The fourth-order valence-corrected chi connectivity index (χ4v) is 2.55. The number of ether oxygens (including phenoxy) is 1. The molecule has 0 saturated carbocycles. The van der Waals surface area contributed by atoms with Gasteiger partial charge in [-0.15, -0.1) is 0 Å². The van der Waals surface area contributed by atoms with Gasteiger partial charge in [-0.3, -0.25) is 4.79 Å². The summed E-state index contributed by atoms with van der Waals surface area (Å²) in [7, 11) is 0. The van der Waals surface area contributed by atoms with Crippen LogP contribution in [0.3, 0.4) is 0 Å². The minimum Gasteiger partial charge on any atom is -0.494 e. The quantitative estimate of drug-likeness (QED) is 0.695. The molecular formula is C17H27NO3. The van der Waals surface area contributed by atoms with E-state index in [4.69, 9.17) is 15.6 Å². The third-order valence-corrected chi connectivity index (χ3v) is 3.74. The summed E-state index contributed by atoms with van der Waals surface area (Å²) in [5, 5.41) is 9.02. The van der Waals surface area contributed by atoms with Crippen molar-refractivity contribution in [2.75, 3.05) is 13.2 Å². The largest absolute Gasteiger partial charge is 0.494 e. The van der Waals surface area contributed by atoms with Crippen molar-refractivity contribution in [2.24, 2.45) is 17.6 Å². The highest BCUT2D eigenvalue weighted by atomic mass is 16.5. The third-order valence-electron chi connectivity index (χ3n) is 3.74. The van der Waals surface area contributed by atoms with Crippen LogP contribution >= 0.6 is 0 Å². The van der Waals surface area contributed by atoms with Crippen LogP contribution in [0.5, 0.6) is 5.75 Å². The minimum atomic E-state index is -0.786. The molecule has 1 aromatic carbocycles. The van der Waals surface area contributed by atoms with Gasteiger partial charge in [-0.05, 0) is 43.7 Å². The molecule has 4 heteroatoms. The zero-order valence-electron chi connectivity index (χ0n) is 13.0. The molecule has 0 aliphatic heterocycles. The molecular weight excluding hydrogens is 266 g/mol. The van der Waals surface area contributed by atoms with Gasteiger partial charge in [0.15, 0.2) is 0 Å². The van der Waals surface area contributed by atoms with Gasteiger partial charge in [0.05, 0.1) is 12.5 Å². The Morgan fingerprint density at radius 2 is 2.10 bits per heavy atom. The molecule has 0 aliphatic carbocycles. The van der Waals surface area contributed by atoms with E-state index in [1.807, 2.05) is 25.1 Å². The van der Waals surface area contributed by atoms with Crippen LogP contribution < -0.4 is 10.5 Å². The molecule has 1 aromatic rings. The second kappa shape index (κ2) is 9.40. The number of aliphatic carboxylic acids is 1. The second-order valence-corrected chi connectivity index (χ2v) is 5.54. The van der Waals surface area contributed by atoms with Crippen molar-refractivity contribution in [2.45, 2.75) is 39.5 Å². The van der Waals surface area contributed by atoms with Gasteiger partial charge in [0, 0.05) is 6.54 Å². The third kappa shape index (κ3) is 6.17. The van der Waals surface area contributed by atoms with E-state index in [-0.39, 0.29) is 6.54 Å². The first kappa shape index (κ1) is 17.5. The first-order chi connectivity index (χ1) is 10.1. The van der Waals surface area contributed by atoms with Gasteiger partial charge in [0.2, 0.25) is 0 Å². The van der Waals surface area contributed by atoms with Crippen molar-refractivity contribution in [1.82, 2.24) is 0 Å². The van der Waals surface area contributed by atoms with Crippen LogP contribution in [-0.4, -0.2) is 24.2 Å². The van der Waals surface area contributed by atoms with E-state index >= 15 is 0 Å². The Labute approximate surface area is 127 Å². The summed E-state index contributed by atoms with van der Waals surface area (Å²) in [6.45, 7) is 4.97. The maximum atomic E-state index is 11.0. The average Bonchev–Trinajstić information content (AvgIpc) is 2.46. The van der Waals surface area contributed by atoms with Crippen LogP contribution in [-0.2, 0) is 11.2 Å². The summed E-state index contributed by atoms with van der Waals surface area (Å²) in [5.74, 6) is 0.119. The Morgan fingerprint density at radius 1 is 1.38 bits per heavy atom. The summed E-state index contributed by atoms with van der Waals surface area (Å²) in [6, 6.07) is 8.10. The second-order valence-electron chi connectivity index (χ2n) is 5.54. The van der Waals surface area contributed by atoms with E-state index in [9.17, 15) is 4.79 Å². The van der Waals surface area contributed by atoms with Crippen molar-refractivity contribution < 1.29 is 14.6 Å². The molecule has 2 unspecified atom stereocenters. The molecule has 21 heavy (non-hydrogen) atoms. The molecule has 1 rings (SSSR count). The average molecular weight is 293 g/mol. The molecule has 2 atom stereocenters. The lowest BCUT2D eigenvalue weighted by Crippen LogP contribution is -2.25. The van der Waals surface area contributed by atoms with E-state index in [1.165, 1.54) is 5.56 Å². The fraction of sp³-hybridized carbons (Fsp3) is 0.588.